The average molecular weight is 200 g/mol. The molecule has 0 rings (SSSR count). The highest BCUT2D eigenvalue weighted by atomic mass is 32.2. The van der Waals surface area contributed by atoms with E-state index in [1.165, 1.54) is 0 Å². The van der Waals surface area contributed by atoms with Crippen molar-refractivity contribution in [3.05, 3.63) is 11.7 Å². The molecule has 0 fully saturated rings. The molecule has 0 amide bonds. The normalized spacial score (nSPS) is 12.5. The molecule has 0 heterocycles. The van der Waals surface area contributed by atoms with E-state index in [1.54, 1.807) is 0 Å². The van der Waals surface area contributed by atoms with Crippen LogP contribution in [-0.4, -0.2) is 29.3 Å². The first-order valence-corrected chi connectivity index (χ1v) is 6.12. The summed E-state index contributed by atoms with van der Waals surface area (Å²) in [5, 5.41) is -0.764. The van der Waals surface area contributed by atoms with Crippen LogP contribution in [0.4, 0.5) is 0 Å². The summed E-state index contributed by atoms with van der Waals surface area (Å²) in [6.07, 6.45) is 1.55. The van der Waals surface area contributed by atoms with Crippen LogP contribution in [0.15, 0.2) is 11.7 Å². The second-order valence-corrected chi connectivity index (χ2v) is 5.51. The highest BCUT2D eigenvalue weighted by molar-refractivity contribution is 7.95. The molecule has 0 N–H and O–H groups in total. The number of sulfone groups is 1. The Morgan fingerprint density at radius 1 is 1.18 bits per heavy atom. The fourth-order valence-corrected chi connectivity index (χ4v) is 1.43. The van der Waals surface area contributed by atoms with Gasteiger partial charge in [-0.05, 0) is 6.58 Å². The fourth-order valence-electron chi connectivity index (χ4n) is 0.231. The van der Waals surface area contributed by atoms with Crippen LogP contribution in [0.1, 0.15) is 0 Å². The third kappa shape index (κ3) is 4.79. The third-order valence-corrected chi connectivity index (χ3v) is 2.18. The van der Waals surface area contributed by atoms with E-state index in [0.29, 0.717) is 0 Å². The van der Waals surface area contributed by atoms with Crippen LogP contribution in [0.3, 0.4) is 0 Å². The second kappa shape index (κ2) is 2.82. The SMILES string of the molecule is C=C(OS(C)(=O)=O)S(C)(=O)=O. The summed E-state index contributed by atoms with van der Waals surface area (Å²) < 4.78 is 45.7. The molecule has 5 nitrogen and oxygen atoms in total. The first-order chi connectivity index (χ1) is 4.63. The van der Waals surface area contributed by atoms with Crippen molar-refractivity contribution >= 4 is 20.0 Å². The molecule has 0 aliphatic heterocycles. The molecule has 0 atom stereocenters. The monoisotopic (exact) mass is 200 g/mol. The molecule has 0 aliphatic rings. The zero-order valence-corrected chi connectivity index (χ0v) is 7.70. The first kappa shape index (κ1) is 10.4. The second-order valence-electron chi connectivity index (χ2n) is 1.93. The summed E-state index contributed by atoms with van der Waals surface area (Å²) in [5.41, 5.74) is 0. The van der Waals surface area contributed by atoms with E-state index >= 15 is 0 Å². The van der Waals surface area contributed by atoms with Crippen LogP contribution in [-0.2, 0) is 24.1 Å². The lowest BCUT2D eigenvalue weighted by molar-refractivity contribution is 0.432. The average Bonchev–Trinajstić information content (AvgIpc) is 1.56. The van der Waals surface area contributed by atoms with E-state index in [2.05, 4.69) is 10.8 Å². The number of hydrogen-bond acceptors (Lipinski definition) is 5. The molecular weight excluding hydrogens is 192 g/mol. The van der Waals surface area contributed by atoms with Gasteiger partial charge in [0.25, 0.3) is 0 Å². The van der Waals surface area contributed by atoms with E-state index in [-0.39, 0.29) is 0 Å². The smallest absolute Gasteiger partial charge is 0.306 e. The van der Waals surface area contributed by atoms with Crippen molar-refractivity contribution in [2.24, 2.45) is 0 Å². The first-order valence-electron chi connectivity index (χ1n) is 2.41. The lowest BCUT2D eigenvalue weighted by Crippen LogP contribution is -2.09. The Morgan fingerprint density at radius 3 is 1.64 bits per heavy atom. The molecule has 0 saturated carbocycles. The molecule has 0 spiro atoms. The van der Waals surface area contributed by atoms with Gasteiger partial charge in [-0.15, -0.1) is 0 Å². The van der Waals surface area contributed by atoms with Gasteiger partial charge in [0.1, 0.15) is 0 Å². The van der Waals surface area contributed by atoms with Crippen molar-refractivity contribution in [1.82, 2.24) is 0 Å². The van der Waals surface area contributed by atoms with E-state index in [1.807, 2.05) is 0 Å². The number of rotatable bonds is 3. The summed E-state index contributed by atoms with van der Waals surface area (Å²) in [4.78, 5) is 0. The van der Waals surface area contributed by atoms with Gasteiger partial charge in [0.2, 0.25) is 14.9 Å². The molecule has 0 saturated heterocycles. The quantitative estimate of drug-likeness (QED) is 0.452. The van der Waals surface area contributed by atoms with E-state index < -0.39 is 25.0 Å². The zero-order valence-electron chi connectivity index (χ0n) is 6.06. The molecule has 0 aromatic carbocycles. The standard InChI is InChI=1S/C4H8O5S2/c1-4(10(2,5)6)9-11(3,7)8/h1H2,2-3H3. The molecule has 0 unspecified atom stereocenters. The highest BCUT2D eigenvalue weighted by Crippen LogP contribution is 2.05. The molecule has 7 heteroatoms. The van der Waals surface area contributed by atoms with Crippen LogP contribution in [0.5, 0.6) is 0 Å². The predicted octanol–water partition coefficient (Wildman–Crippen LogP) is -0.522. The Balaban J connectivity index is 4.62. The minimum atomic E-state index is -3.79. The highest BCUT2D eigenvalue weighted by Gasteiger charge is 2.14. The Labute approximate surface area is 65.7 Å². The van der Waals surface area contributed by atoms with Crippen molar-refractivity contribution in [1.29, 1.82) is 0 Å². The van der Waals surface area contributed by atoms with Gasteiger partial charge in [-0.25, -0.2) is 8.42 Å². The van der Waals surface area contributed by atoms with Crippen LogP contribution >= 0.6 is 0 Å². The predicted molar refractivity (Wildman–Crippen MR) is 39.9 cm³/mol. The molecule has 0 aliphatic carbocycles. The lowest BCUT2D eigenvalue weighted by atomic mass is 11.2. The lowest BCUT2D eigenvalue weighted by Gasteiger charge is -2.01. The van der Waals surface area contributed by atoms with Crippen molar-refractivity contribution in [3.8, 4) is 0 Å². The van der Waals surface area contributed by atoms with Gasteiger partial charge in [-0.1, -0.05) is 0 Å². The summed E-state index contributed by atoms with van der Waals surface area (Å²) in [5.74, 6) is 0. The van der Waals surface area contributed by atoms with Gasteiger partial charge in [0, 0.05) is 6.26 Å². The van der Waals surface area contributed by atoms with Crippen LogP contribution in [0.2, 0.25) is 0 Å². The largest absolute Gasteiger partial charge is 0.371 e. The summed E-state index contributed by atoms with van der Waals surface area (Å²) in [6, 6.07) is 0. The maximum absolute atomic E-state index is 10.5. The fraction of sp³-hybridized carbons (Fsp3) is 0.500. The molecular formula is C4H8O5S2. The van der Waals surface area contributed by atoms with E-state index in [4.69, 9.17) is 0 Å². The van der Waals surface area contributed by atoms with E-state index in [0.717, 1.165) is 12.5 Å². The molecule has 0 radical (unpaired) electrons. The van der Waals surface area contributed by atoms with Gasteiger partial charge in [0.15, 0.2) is 0 Å². The number of hydrogen-bond donors (Lipinski definition) is 0. The Hall–Kier alpha value is -0.560. The van der Waals surface area contributed by atoms with Gasteiger partial charge < -0.3 is 4.18 Å². The minimum Gasteiger partial charge on any atom is -0.371 e. The van der Waals surface area contributed by atoms with Gasteiger partial charge >= 0.3 is 10.1 Å². The molecule has 0 bridgehead atoms. The third-order valence-electron chi connectivity index (χ3n) is 0.658. The summed E-state index contributed by atoms with van der Waals surface area (Å²) in [7, 11) is -7.42. The Bertz CT molecular complexity index is 346. The van der Waals surface area contributed by atoms with Gasteiger partial charge in [-0.2, -0.15) is 8.42 Å². The maximum atomic E-state index is 10.5. The Morgan fingerprint density at radius 2 is 1.55 bits per heavy atom. The maximum Gasteiger partial charge on any atom is 0.306 e. The van der Waals surface area contributed by atoms with Crippen molar-refractivity contribution in [2.45, 2.75) is 0 Å². The van der Waals surface area contributed by atoms with Gasteiger partial charge in [0.05, 0.1) is 6.26 Å². The topological polar surface area (TPSA) is 77.5 Å². The van der Waals surface area contributed by atoms with E-state index in [9.17, 15) is 16.8 Å². The molecule has 11 heavy (non-hydrogen) atoms. The van der Waals surface area contributed by atoms with Crippen molar-refractivity contribution in [3.63, 3.8) is 0 Å². The summed E-state index contributed by atoms with van der Waals surface area (Å²) in [6.45, 7) is 2.92. The van der Waals surface area contributed by atoms with Crippen molar-refractivity contribution in [2.75, 3.05) is 12.5 Å². The van der Waals surface area contributed by atoms with Gasteiger partial charge in [-0.3, -0.25) is 0 Å². The molecule has 66 valence electrons. The minimum absolute atomic E-state index is 0.739. The van der Waals surface area contributed by atoms with Crippen LogP contribution < -0.4 is 0 Å². The van der Waals surface area contributed by atoms with Crippen LogP contribution in [0, 0.1) is 0 Å². The zero-order chi connectivity index (χ0) is 9.28. The Kier molecular flexibility index (Phi) is 2.68. The molecule has 0 aromatic rings. The summed E-state index contributed by atoms with van der Waals surface area (Å²) >= 11 is 0. The van der Waals surface area contributed by atoms with Crippen molar-refractivity contribution < 1.29 is 21.0 Å². The molecule has 0 aromatic heterocycles. The van der Waals surface area contributed by atoms with Crippen LogP contribution in [0.25, 0.3) is 0 Å².